The largest absolute Gasteiger partial charge is 0.594 e. The molecule has 98 valence electrons. The molecule has 2 heterocycles. The van der Waals surface area contributed by atoms with Crippen molar-refractivity contribution in [1.82, 2.24) is 20.3 Å². The maximum absolute atomic E-state index is 11.9. The number of rotatable bonds is 1. The Balaban J connectivity index is 2.18. The van der Waals surface area contributed by atoms with E-state index in [0.717, 1.165) is 0 Å². The molecule has 0 bridgehead atoms. The summed E-state index contributed by atoms with van der Waals surface area (Å²) in [5, 5.41) is 17.5. The van der Waals surface area contributed by atoms with E-state index in [4.69, 9.17) is 11.6 Å². The highest BCUT2D eigenvalue weighted by atomic mass is 35.5. The Bertz CT molecular complexity index is 822. The number of nitrogens with one attached hydrogen (secondary N) is 2. The van der Waals surface area contributed by atoms with Crippen LogP contribution in [0.2, 0.25) is 5.02 Å². The van der Waals surface area contributed by atoms with E-state index in [1.807, 2.05) is 0 Å². The third-order valence-electron chi connectivity index (χ3n) is 2.71. The summed E-state index contributed by atoms with van der Waals surface area (Å²) in [6.07, 6.45) is 1.62. The van der Waals surface area contributed by atoms with E-state index in [9.17, 15) is 10.0 Å². The van der Waals surface area contributed by atoms with E-state index in [1.165, 1.54) is 16.0 Å². The predicted molar refractivity (Wildman–Crippen MR) is 70.9 cm³/mol. The molecule has 0 fully saturated rings. The number of aryl methyl sites for hydroxylation is 1. The van der Waals surface area contributed by atoms with Gasteiger partial charge < -0.3 is 5.21 Å². The quantitative estimate of drug-likeness (QED) is 0.515. The number of aromatic nitrogens is 2. The minimum absolute atomic E-state index is 0.271. The lowest BCUT2D eigenvalue weighted by Crippen LogP contribution is -2.61. The Morgan fingerprint density at radius 3 is 2.84 bits per heavy atom. The van der Waals surface area contributed by atoms with Gasteiger partial charge in [0.2, 0.25) is 0 Å². The molecule has 1 aromatic carbocycles. The summed E-state index contributed by atoms with van der Waals surface area (Å²) in [7, 11) is 0. The molecule has 0 saturated heterocycles. The van der Waals surface area contributed by atoms with E-state index in [-0.39, 0.29) is 5.56 Å². The number of aromatic amines is 1. The minimum atomic E-state index is -0.271. The van der Waals surface area contributed by atoms with Crippen LogP contribution in [0.25, 0.3) is 6.20 Å². The molecule has 8 heteroatoms. The first-order valence-electron chi connectivity index (χ1n) is 5.51. The summed E-state index contributed by atoms with van der Waals surface area (Å²) in [5.41, 5.74) is 2.92. The standard InChI is InChI=1S/C11H10ClN5O2/c1-7-4-11(18)16(13-7)15-6-8-2-3-9(12)5-10(8)17(19)14-15/h2-6,13-14H,1H3. The lowest BCUT2D eigenvalue weighted by molar-refractivity contribution is 0.424. The highest BCUT2D eigenvalue weighted by molar-refractivity contribution is 6.30. The second-order valence-electron chi connectivity index (χ2n) is 4.16. The highest BCUT2D eigenvalue weighted by Gasteiger charge is 2.15. The van der Waals surface area contributed by atoms with E-state index in [0.29, 0.717) is 26.1 Å². The molecule has 2 N–H and O–H groups in total. The number of H-pyrrole nitrogens is 1. The van der Waals surface area contributed by atoms with Crippen molar-refractivity contribution >= 4 is 17.8 Å². The summed E-state index contributed by atoms with van der Waals surface area (Å²) in [4.78, 5) is 13.4. The molecule has 3 rings (SSSR count). The van der Waals surface area contributed by atoms with Crippen LogP contribution in [-0.4, -0.2) is 9.89 Å². The summed E-state index contributed by atoms with van der Waals surface area (Å²) in [6, 6.07) is 6.36. The third kappa shape index (κ3) is 1.93. The van der Waals surface area contributed by atoms with Gasteiger partial charge >= 0.3 is 0 Å². The summed E-state index contributed by atoms with van der Waals surface area (Å²) in [6.45, 7) is 1.75. The molecule has 0 spiro atoms. The number of benzene rings is 1. The van der Waals surface area contributed by atoms with E-state index in [1.54, 1.807) is 31.3 Å². The first kappa shape index (κ1) is 11.7. The Labute approximate surface area is 112 Å². The summed E-state index contributed by atoms with van der Waals surface area (Å²) < 4.78 is 0. The lowest BCUT2D eigenvalue weighted by Gasteiger charge is -2.21. The Kier molecular flexibility index (Phi) is 2.49. The monoisotopic (exact) mass is 279 g/mol. The second kappa shape index (κ2) is 4.06. The Morgan fingerprint density at radius 2 is 2.16 bits per heavy atom. The van der Waals surface area contributed by atoms with Crippen molar-refractivity contribution in [3.63, 3.8) is 0 Å². The molecule has 0 saturated carbocycles. The van der Waals surface area contributed by atoms with Gasteiger partial charge in [0.05, 0.1) is 11.4 Å². The number of hydrazine groups is 2. The average Bonchev–Trinajstić information content (AvgIpc) is 2.69. The molecule has 2 aromatic rings. The number of fused-ring (bicyclic) bond motifs is 1. The minimum Gasteiger partial charge on any atom is -0.594 e. The first-order chi connectivity index (χ1) is 9.04. The van der Waals surface area contributed by atoms with Crippen molar-refractivity contribution in [2.75, 3.05) is 5.12 Å². The lowest BCUT2D eigenvalue weighted by atomic mass is 10.3. The maximum atomic E-state index is 11.9. The van der Waals surface area contributed by atoms with Gasteiger partial charge in [0.25, 0.3) is 10.9 Å². The molecule has 0 radical (unpaired) electrons. The Hall–Kier alpha value is -2.41. The van der Waals surface area contributed by atoms with Gasteiger partial charge in [0.15, 0.2) is 0 Å². The number of halogens is 1. The van der Waals surface area contributed by atoms with Crippen LogP contribution in [0, 0.1) is 12.1 Å². The van der Waals surface area contributed by atoms with Crippen LogP contribution < -0.4 is 31.6 Å². The average molecular weight is 280 g/mol. The maximum Gasteiger partial charge on any atom is 0.288 e. The van der Waals surface area contributed by atoms with Crippen LogP contribution in [0.1, 0.15) is 5.69 Å². The molecule has 0 unspecified atom stereocenters. The highest BCUT2D eigenvalue weighted by Crippen LogP contribution is 2.00. The zero-order chi connectivity index (χ0) is 13.6. The normalized spacial score (nSPS) is 13.8. The van der Waals surface area contributed by atoms with Crippen LogP contribution in [0.3, 0.4) is 0 Å². The van der Waals surface area contributed by atoms with Gasteiger partial charge in [0, 0.05) is 22.8 Å². The van der Waals surface area contributed by atoms with Crippen LogP contribution in [0.5, 0.6) is 0 Å². The molecule has 1 aliphatic rings. The topological polar surface area (TPSA) is 79.1 Å². The fraction of sp³-hybridized carbons (Fsp3) is 0.0909. The first-order valence-corrected chi connectivity index (χ1v) is 5.88. The Morgan fingerprint density at radius 1 is 1.37 bits per heavy atom. The van der Waals surface area contributed by atoms with Crippen LogP contribution in [-0.2, 0) is 0 Å². The molecular weight excluding hydrogens is 270 g/mol. The van der Waals surface area contributed by atoms with Crippen molar-refractivity contribution in [2.45, 2.75) is 6.92 Å². The third-order valence-corrected chi connectivity index (χ3v) is 2.95. The number of hydrogen-bond acceptors (Lipinski definition) is 4. The second-order valence-corrected chi connectivity index (χ2v) is 4.60. The van der Waals surface area contributed by atoms with Gasteiger partial charge in [-0.2, -0.15) is 0 Å². The van der Waals surface area contributed by atoms with Crippen molar-refractivity contribution in [1.29, 1.82) is 0 Å². The predicted octanol–water partition coefficient (Wildman–Crippen LogP) is -1.06. The summed E-state index contributed by atoms with van der Waals surface area (Å²) in [5.74, 6) is 0. The van der Waals surface area contributed by atoms with Crippen molar-refractivity contribution in [3.8, 4) is 0 Å². The fourth-order valence-electron chi connectivity index (χ4n) is 1.87. The van der Waals surface area contributed by atoms with E-state index < -0.39 is 0 Å². The molecule has 1 aromatic heterocycles. The zero-order valence-electron chi connectivity index (χ0n) is 9.92. The smallest absolute Gasteiger partial charge is 0.288 e. The van der Waals surface area contributed by atoms with E-state index in [2.05, 4.69) is 10.6 Å². The molecular formula is C11H10ClN5O2. The van der Waals surface area contributed by atoms with Crippen molar-refractivity contribution in [2.24, 2.45) is 0 Å². The van der Waals surface area contributed by atoms with Crippen LogP contribution >= 0.6 is 11.6 Å². The molecule has 0 amide bonds. The zero-order valence-corrected chi connectivity index (χ0v) is 10.7. The number of hydrogen-bond donors (Lipinski definition) is 2. The molecule has 19 heavy (non-hydrogen) atoms. The van der Waals surface area contributed by atoms with Crippen molar-refractivity contribution in [3.05, 3.63) is 61.1 Å². The molecule has 0 atom stereocenters. The van der Waals surface area contributed by atoms with Crippen LogP contribution in [0.15, 0.2) is 29.1 Å². The molecule has 1 aliphatic heterocycles. The fourth-order valence-corrected chi connectivity index (χ4v) is 2.04. The van der Waals surface area contributed by atoms with Crippen molar-refractivity contribution < 1.29 is 0 Å². The summed E-state index contributed by atoms with van der Waals surface area (Å²) >= 11 is 5.84. The van der Waals surface area contributed by atoms with Gasteiger partial charge in [-0.05, 0) is 19.1 Å². The van der Waals surface area contributed by atoms with Gasteiger partial charge in [-0.15, -0.1) is 9.91 Å². The molecule has 0 aliphatic carbocycles. The number of nitrogens with zero attached hydrogens (tertiary/aromatic N) is 3. The van der Waals surface area contributed by atoms with Gasteiger partial charge in [-0.1, -0.05) is 22.0 Å². The van der Waals surface area contributed by atoms with E-state index >= 15 is 0 Å². The SMILES string of the molecule is Cc1cc(=O)n(N2C=c3ccc(Cl)cc3=[N+]([O-])N2)[nH]1. The van der Waals surface area contributed by atoms with Crippen LogP contribution in [0.4, 0.5) is 0 Å². The van der Waals surface area contributed by atoms with Gasteiger partial charge in [-0.3, -0.25) is 9.89 Å². The van der Waals surface area contributed by atoms with Gasteiger partial charge in [0.1, 0.15) is 0 Å². The van der Waals surface area contributed by atoms with Gasteiger partial charge in [-0.25, -0.2) is 0 Å². The molecule has 7 nitrogen and oxygen atoms in total.